The first-order chi connectivity index (χ1) is 10.9. The summed E-state index contributed by atoms with van der Waals surface area (Å²) < 4.78 is 22.3. The highest BCUT2D eigenvalue weighted by Gasteiger charge is 2.30. The van der Waals surface area contributed by atoms with E-state index in [0.29, 0.717) is 35.7 Å². The van der Waals surface area contributed by atoms with Crippen molar-refractivity contribution >= 4 is 12.0 Å². The molecule has 126 valence electrons. The quantitative estimate of drug-likeness (QED) is 0.791. The molecule has 1 aliphatic rings. The lowest BCUT2D eigenvalue weighted by Gasteiger charge is -2.27. The van der Waals surface area contributed by atoms with Crippen LogP contribution in [0.25, 0.3) is 6.08 Å². The number of esters is 1. The second kappa shape index (κ2) is 7.15. The third-order valence-corrected chi connectivity index (χ3v) is 3.33. The molecule has 0 aliphatic carbocycles. The Morgan fingerprint density at radius 3 is 2.48 bits per heavy atom. The lowest BCUT2D eigenvalue weighted by molar-refractivity contribution is -0.183. The van der Waals surface area contributed by atoms with Crippen LogP contribution in [0.1, 0.15) is 55.0 Å². The van der Waals surface area contributed by atoms with Gasteiger partial charge in [-0.3, -0.25) is 0 Å². The molecule has 2 rings (SSSR count). The summed E-state index contributed by atoms with van der Waals surface area (Å²) in [6, 6.07) is 3.63. The van der Waals surface area contributed by atoms with Crippen molar-refractivity contribution in [3.63, 3.8) is 0 Å². The Morgan fingerprint density at radius 1 is 1.30 bits per heavy atom. The first-order valence-electron chi connectivity index (χ1n) is 7.67. The van der Waals surface area contributed by atoms with E-state index in [9.17, 15) is 4.79 Å². The van der Waals surface area contributed by atoms with Gasteiger partial charge in [0.25, 0.3) is 0 Å². The highest BCUT2D eigenvalue weighted by Crippen LogP contribution is 2.35. The average molecular weight is 320 g/mol. The van der Waals surface area contributed by atoms with E-state index < -0.39 is 17.9 Å². The molecular weight excluding hydrogens is 296 g/mol. The van der Waals surface area contributed by atoms with Gasteiger partial charge in [0.1, 0.15) is 16.9 Å². The van der Waals surface area contributed by atoms with Crippen LogP contribution in [0.15, 0.2) is 18.7 Å². The largest absolute Gasteiger partial charge is 0.495 e. The van der Waals surface area contributed by atoms with Crippen LogP contribution in [0, 0.1) is 0 Å². The Hall–Kier alpha value is -1.85. The van der Waals surface area contributed by atoms with Crippen LogP contribution < -0.4 is 4.74 Å². The van der Waals surface area contributed by atoms with E-state index in [0.717, 1.165) is 6.42 Å². The van der Waals surface area contributed by atoms with Crippen molar-refractivity contribution in [3.8, 4) is 5.75 Å². The summed E-state index contributed by atoms with van der Waals surface area (Å²) in [6.45, 7) is 10.4. The van der Waals surface area contributed by atoms with Gasteiger partial charge in [0.15, 0.2) is 6.29 Å². The number of carbonyl (C=O) groups is 1. The molecule has 0 amide bonds. The van der Waals surface area contributed by atoms with Crippen LogP contribution in [0.3, 0.4) is 0 Å². The summed E-state index contributed by atoms with van der Waals surface area (Å²) in [4.78, 5) is 12.7. The van der Waals surface area contributed by atoms with Gasteiger partial charge < -0.3 is 18.9 Å². The van der Waals surface area contributed by atoms with Gasteiger partial charge in [-0.05, 0) is 27.2 Å². The standard InChI is InChI=1S/C18H24O5/c1-6-12-8-9-13(17-21-10-7-11-22-17)14(15(12)20-5)16(19)23-18(2,3)4/h6,8-9,17H,1,7,10-11H2,2-5H3. The Balaban J connectivity index is 2.52. The molecule has 0 spiro atoms. The fourth-order valence-electron chi connectivity index (χ4n) is 2.40. The smallest absolute Gasteiger partial charge is 0.342 e. The van der Waals surface area contributed by atoms with Gasteiger partial charge in [-0.2, -0.15) is 0 Å². The summed E-state index contributed by atoms with van der Waals surface area (Å²) >= 11 is 0. The van der Waals surface area contributed by atoms with Gasteiger partial charge in [0.05, 0.1) is 20.3 Å². The molecular formula is C18H24O5. The van der Waals surface area contributed by atoms with Gasteiger partial charge in [-0.1, -0.05) is 24.8 Å². The molecule has 0 N–H and O–H groups in total. The predicted molar refractivity (Wildman–Crippen MR) is 87.5 cm³/mol. The van der Waals surface area contributed by atoms with Crippen LogP contribution in [-0.2, 0) is 14.2 Å². The molecule has 1 heterocycles. The third kappa shape index (κ3) is 4.12. The normalized spacial score (nSPS) is 16.0. The first-order valence-corrected chi connectivity index (χ1v) is 7.67. The number of ether oxygens (including phenoxy) is 4. The van der Waals surface area contributed by atoms with Crippen molar-refractivity contribution < 1.29 is 23.7 Å². The van der Waals surface area contributed by atoms with Crippen molar-refractivity contribution in [2.75, 3.05) is 20.3 Å². The van der Waals surface area contributed by atoms with Crippen LogP contribution >= 0.6 is 0 Å². The van der Waals surface area contributed by atoms with Gasteiger partial charge in [0, 0.05) is 11.1 Å². The molecule has 0 bridgehead atoms. The molecule has 1 aromatic rings. The zero-order valence-electron chi connectivity index (χ0n) is 14.2. The minimum atomic E-state index is -0.613. The van der Waals surface area contributed by atoms with Crippen LogP contribution in [0.2, 0.25) is 0 Å². The van der Waals surface area contributed by atoms with Gasteiger partial charge in [-0.15, -0.1) is 0 Å². The maximum Gasteiger partial charge on any atom is 0.342 e. The molecule has 0 atom stereocenters. The van der Waals surface area contributed by atoms with E-state index in [1.807, 2.05) is 26.8 Å². The van der Waals surface area contributed by atoms with Crippen molar-refractivity contribution in [1.82, 2.24) is 0 Å². The number of benzene rings is 1. The molecule has 5 nitrogen and oxygen atoms in total. The Morgan fingerprint density at radius 2 is 1.96 bits per heavy atom. The minimum Gasteiger partial charge on any atom is -0.495 e. The topological polar surface area (TPSA) is 54.0 Å². The summed E-state index contributed by atoms with van der Waals surface area (Å²) in [6.07, 6.45) is 1.87. The van der Waals surface area contributed by atoms with Crippen molar-refractivity contribution in [2.24, 2.45) is 0 Å². The Bertz CT molecular complexity index is 580. The minimum absolute atomic E-state index is 0.326. The molecule has 23 heavy (non-hydrogen) atoms. The molecule has 1 fully saturated rings. The number of hydrogen-bond donors (Lipinski definition) is 0. The van der Waals surface area contributed by atoms with E-state index in [2.05, 4.69) is 6.58 Å². The van der Waals surface area contributed by atoms with E-state index in [1.54, 1.807) is 12.1 Å². The van der Waals surface area contributed by atoms with E-state index in [-0.39, 0.29) is 0 Å². The predicted octanol–water partition coefficient (Wildman–Crippen LogP) is 3.73. The molecule has 1 aromatic carbocycles. The van der Waals surface area contributed by atoms with E-state index in [4.69, 9.17) is 18.9 Å². The number of methoxy groups -OCH3 is 1. The molecule has 0 unspecified atom stereocenters. The third-order valence-electron chi connectivity index (χ3n) is 3.33. The maximum absolute atomic E-state index is 12.7. The van der Waals surface area contributed by atoms with Crippen LogP contribution in [0.4, 0.5) is 0 Å². The van der Waals surface area contributed by atoms with Crippen LogP contribution in [-0.4, -0.2) is 31.9 Å². The maximum atomic E-state index is 12.7. The summed E-state index contributed by atoms with van der Waals surface area (Å²) in [7, 11) is 1.52. The second-order valence-electron chi connectivity index (χ2n) is 6.29. The van der Waals surface area contributed by atoms with Crippen LogP contribution in [0.5, 0.6) is 5.75 Å². The zero-order valence-corrected chi connectivity index (χ0v) is 14.2. The fraction of sp³-hybridized carbons (Fsp3) is 0.500. The second-order valence-corrected chi connectivity index (χ2v) is 6.29. The molecule has 0 aromatic heterocycles. The van der Waals surface area contributed by atoms with Gasteiger partial charge >= 0.3 is 5.97 Å². The Kier molecular flexibility index (Phi) is 5.44. The van der Waals surface area contributed by atoms with Crippen molar-refractivity contribution in [2.45, 2.75) is 39.1 Å². The highest BCUT2D eigenvalue weighted by molar-refractivity contribution is 5.96. The lowest BCUT2D eigenvalue weighted by atomic mass is 10.0. The summed E-state index contributed by atoms with van der Waals surface area (Å²) in [5.41, 5.74) is 1.04. The molecule has 5 heteroatoms. The molecule has 1 aliphatic heterocycles. The summed E-state index contributed by atoms with van der Waals surface area (Å²) in [5.74, 6) is -0.0460. The lowest BCUT2D eigenvalue weighted by Crippen LogP contribution is -2.27. The van der Waals surface area contributed by atoms with Gasteiger partial charge in [0.2, 0.25) is 0 Å². The van der Waals surface area contributed by atoms with E-state index in [1.165, 1.54) is 7.11 Å². The van der Waals surface area contributed by atoms with Gasteiger partial charge in [-0.25, -0.2) is 4.79 Å². The Labute approximate surface area is 137 Å². The van der Waals surface area contributed by atoms with Crippen molar-refractivity contribution in [3.05, 3.63) is 35.4 Å². The van der Waals surface area contributed by atoms with E-state index >= 15 is 0 Å². The molecule has 0 radical (unpaired) electrons. The average Bonchev–Trinajstić information content (AvgIpc) is 2.52. The number of carbonyl (C=O) groups excluding carboxylic acids is 1. The molecule has 1 saturated heterocycles. The SMILES string of the molecule is C=Cc1ccc(C2OCCCO2)c(C(=O)OC(C)(C)C)c1OC. The fourth-order valence-corrected chi connectivity index (χ4v) is 2.40. The number of hydrogen-bond acceptors (Lipinski definition) is 5. The number of rotatable bonds is 4. The highest BCUT2D eigenvalue weighted by atomic mass is 16.7. The summed E-state index contributed by atoms with van der Waals surface area (Å²) in [5, 5.41) is 0. The zero-order chi connectivity index (χ0) is 17.0. The molecule has 0 saturated carbocycles. The first kappa shape index (κ1) is 17.5. The monoisotopic (exact) mass is 320 g/mol. The van der Waals surface area contributed by atoms with Crippen molar-refractivity contribution in [1.29, 1.82) is 0 Å².